The SMILES string of the molecule is O=C(/C=C/c1ccc(Cl)c(Cl)c1)OCc1cc([N+](=O)[O-])cc2c1OCOC2. The summed E-state index contributed by atoms with van der Waals surface area (Å²) in [4.78, 5) is 22.5. The molecule has 2 aromatic rings. The lowest BCUT2D eigenvalue weighted by Crippen LogP contribution is -2.14. The number of rotatable bonds is 5. The van der Waals surface area contributed by atoms with Gasteiger partial charge in [-0.1, -0.05) is 29.3 Å². The molecule has 0 bridgehead atoms. The van der Waals surface area contributed by atoms with Gasteiger partial charge in [-0.2, -0.15) is 0 Å². The number of nitro groups is 1. The summed E-state index contributed by atoms with van der Waals surface area (Å²) in [6.07, 6.45) is 2.76. The molecule has 0 fully saturated rings. The summed E-state index contributed by atoms with van der Waals surface area (Å²) < 4.78 is 15.7. The van der Waals surface area contributed by atoms with E-state index in [1.807, 2.05) is 0 Å². The van der Waals surface area contributed by atoms with Crippen LogP contribution in [0.15, 0.2) is 36.4 Å². The fraction of sp³-hybridized carbons (Fsp3) is 0.167. The molecule has 0 saturated carbocycles. The predicted molar refractivity (Wildman–Crippen MR) is 98.7 cm³/mol. The van der Waals surface area contributed by atoms with Crippen LogP contribution in [0.4, 0.5) is 5.69 Å². The summed E-state index contributed by atoms with van der Waals surface area (Å²) in [7, 11) is 0. The molecule has 0 saturated heterocycles. The summed E-state index contributed by atoms with van der Waals surface area (Å²) in [6, 6.07) is 7.62. The molecular weight excluding hydrogens is 397 g/mol. The lowest BCUT2D eigenvalue weighted by atomic mass is 10.1. The molecular formula is C18H13Cl2NO6. The standard InChI is InChI=1S/C18H13Cl2NO6/c19-15-3-1-11(5-16(15)20)2-4-17(22)26-9-13-7-14(21(23)24)6-12-8-25-10-27-18(12)13/h1-7H,8-10H2/b4-2+. The maximum atomic E-state index is 12.0. The van der Waals surface area contributed by atoms with E-state index in [1.165, 1.54) is 24.3 Å². The summed E-state index contributed by atoms with van der Waals surface area (Å²) >= 11 is 11.8. The molecule has 1 aliphatic heterocycles. The van der Waals surface area contributed by atoms with Crippen molar-refractivity contribution in [3.05, 3.63) is 73.3 Å². The van der Waals surface area contributed by atoms with Crippen LogP contribution in [0.5, 0.6) is 5.75 Å². The highest BCUT2D eigenvalue weighted by atomic mass is 35.5. The molecule has 9 heteroatoms. The van der Waals surface area contributed by atoms with Crippen molar-refractivity contribution in [2.45, 2.75) is 13.2 Å². The summed E-state index contributed by atoms with van der Waals surface area (Å²) in [5.41, 5.74) is 1.49. The lowest BCUT2D eigenvalue weighted by Gasteiger charge is -2.20. The molecule has 140 valence electrons. The molecule has 3 rings (SSSR count). The van der Waals surface area contributed by atoms with E-state index in [0.29, 0.717) is 32.5 Å². The van der Waals surface area contributed by atoms with Crippen molar-refractivity contribution in [3.63, 3.8) is 0 Å². The number of halogens is 2. The normalized spacial score (nSPS) is 13.1. The van der Waals surface area contributed by atoms with Crippen LogP contribution in [0.1, 0.15) is 16.7 Å². The van der Waals surface area contributed by atoms with Crippen LogP contribution in [-0.4, -0.2) is 17.7 Å². The highest BCUT2D eigenvalue weighted by Crippen LogP contribution is 2.33. The van der Waals surface area contributed by atoms with Crippen molar-refractivity contribution in [1.29, 1.82) is 0 Å². The van der Waals surface area contributed by atoms with Crippen molar-refractivity contribution < 1.29 is 23.9 Å². The third-order valence-electron chi connectivity index (χ3n) is 3.71. The van der Waals surface area contributed by atoms with E-state index in [4.69, 9.17) is 37.4 Å². The van der Waals surface area contributed by atoms with E-state index in [-0.39, 0.29) is 25.7 Å². The minimum atomic E-state index is -0.617. The number of nitro benzene ring substituents is 1. The lowest BCUT2D eigenvalue weighted by molar-refractivity contribution is -0.385. The zero-order valence-electron chi connectivity index (χ0n) is 13.8. The number of hydrogen-bond donors (Lipinski definition) is 0. The molecule has 0 aromatic heterocycles. The molecule has 27 heavy (non-hydrogen) atoms. The van der Waals surface area contributed by atoms with Gasteiger partial charge in [-0.25, -0.2) is 4.79 Å². The molecule has 0 aliphatic carbocycles. The van der Waals surface area contributed by atoms with Gasteiger partial charge in [0, 0.05) is 29.3 Å². The number of non-ortho nitro benzene ring substituents is 1. The number of nitrogens with zero attached hydrogens (tertiary/aromatic N) is 1. The summed E-state index contributed by atoms with van der Waals surface area (Å²) in [5.74, 6) is -0.179. The Morgan fingerprint density at radius 2 is 2.07 bits per heavy atom. The van der Waals surface area contributed by atoms with Crippen LogP contribution in [0.25, 0.3) is 6.08 Å². The number of fused-ring (bicyclic) bond motifs is 1. The minimum absolute atomic E-state index is 0.0307. The monoisotopic (exact) mass is 409 g/mol. The second-order valence-corrected chi connectivity index (χ2v) is 6.39. The molecule has 0 atom stereocenters. The van der Waals surface area contributed by atoms with Gasteiger partial charge in [-0.3, -0.25) is 10.1 Å². The van der Waals surface area contributed by atoms with E-state index in [9.17, 15) is 14.9 Å². The van der Waals surface area contributed by atoms with Gasteiger partial charge in [0.25, 0.3) is 5.69 Å². The van der Waals surface area contributed by atoms with E-state index in [1.54, 1.807) is 18.2 Å². The van der Waals surface area contributed by atoms with Crippen LogP contribution >= 0.6 is 23.2 Å². The molecule has 1 aliphatic rings. The zero-order valence-corrected chi connectivity index (χ0v) is 15.3. The van der Waals surface area contributed by atoms with E-state index in [0.717, 1.165) is 0 Å². The van der Waals surface area contributed by atoms with E-state index >= 15 is 0 Å². The molecule has 2 aromatic carbocycles. The first-order valence-electron chi connectivity index (χ1n) is 7.74. The second-order valence-electron chi connectivity index (χ2n) is 5.58. The first-order chi connectivity index (χ1) is 12.9. The first-order valence-corrected chi connectivity index (χ1v) is 8.50. The Balaban J connectivity index is 1.71. The van der Waals surface area contributed by atoms with Gasteiger partial charge in [0.05, 0.1) is 21.6 Å². The van der Waals surface area contributed by atoms with Gasteiger partial charge in [-0.05, 0) is 23.8 Å². The Bertz CT molecular complexity index is 928. The van der Waals surface area contributed by atoms with Crippen molar-refractivity contribution in [2.75, 3.05) is 6.79 Å². The van der Waals surface area contributed by atoms with Gasteiger partial charge in [0.1, 0.15) is 12.4 Å². The highest BCUT2D eigenvalue weighted by molar-refractivity contribution is 6.42. The molecule has 0 spiro atoms. The fourth-order valence-electron chi connectivity index (χ4n) is 2.47. The molecule has 0 radical (unpaired) electrons. The van der Waals surface area contributed by atoms with E-state index < -0.39 is 10.9 Å². The average Bonchev–Trinajstić information content (AvgIpc) is 2.66. The largest absolute Gasteiger partial charge is 0.467 e. The fourth-order valence-corrected chi connectivity index (χ4v) is 2.78. The van der Waals surface area contributed by atoms with Crippen molar-refractivity contribution >= 4 is 40.9 Å². The minimum Gasteiger partial charge on any atom is -0.467 e. The van der Waals surface area contributed by atoms with Gasteiger partial charge < -0.3 is 14.2 Å². The average molecular weight is 410 g/mol. The molecule has 0 N–H and O–H groups in total. The van der Waals surface area contributed by atoms with Crippen LogP contribution in [0, 0.1) is 10.1 Å². The smallest absolute Gasteiger partial charge is 0.331 e. The molecule has 7 nitrogen and oxygen atoms in total. The number of benzene rings is 2. The van der Waals surface area contributed by atoms with Crippen LogP contribution in [0.2, 0.25) is 10.0 Å². The number of carbonyl (C=O) groups excluding carboxylic acids is 1. The summed E-state index contributed by atoms with van der Waals surface area (Å²) in [5, 5.41) is 11.9. The number of carbonyl (C=O) groups is 1. The number of hydrogen-bond acceptors (Lipinski definition) is 6. The Labute approximate surface area is 164 Å². The summed E-state index contributed by atoms with van der Waals surface area (Å²) in [6.45, 7) is 0.0483. The van der Waals surface area contributed by atoms with Crippen LogP contribution in [-0.2, 0) is 27.5 Å². The van der Waals surface area contributed by atoms with Gasteiger partial charge in [0.2, 0.25) is 0 Å². The third kappa shape index (κ3) is 4.77. The van der Waals surface area contributed by atoms with Crippen molar-refractivity contribution in [2.24, 2.45) is 0 Å². The molecule has 0 unspecified atom stereocenters. The second kappa shape index (κ2) is 8.39. The highest BCUT2D eigenvalue weighted by Gasteiger charge is 2.21. The quantitative estimate of drug-likeness (QED) is 0.312. The van der Waals surface area contributed by atoms with Crippen LogP contribution in [0.3, 0.4) is 0 Å². The van der Waals surface area contributed by atoms with Gasteiger partial charge >= 0.3 is 5.97 Å². The van der Waals surface area contributed by atoms with Crippen molar-refractivity contribution in [3.8, 4) is 5.75 Å². The van der Waals surface area contributed by atoms with Crippen LogP contribution < -0.4 is 4.74 Å². The predicted octanol–water partition coefficient (Wildman–Crippen LogP) is 4.52. The van der Waals surface area contributed by atoms with E-state index in [2.05, 4.69) is 0 Å². The Kier molecular flexibility index (Phi) is 5.95. The first kappa shape index (κ1) is 19.2. The zero-order chi connectivity index (χ0) is 19.4. The van der Waals surface area contributed by atoms with Gasteiger partial charge in [-0.15, -0.1) is 0 Å². The maximum Gasteiger partial charge on any atom is 0.331 e. The van der Waals surface area contributed by atoms with Crippen molar-refractivity contribution in [1.82, 2.24) is 0 Å². The topological polar surface area (TPSA) is 87.9 Å². The maximum absolute atomic E-state index is 12.0. The molecule has 1 heterocycles. The third-order valence-corrected chi connectivity index (χ3v) is 4.45. The number of ether oxygens (including phenoxy) is 3. The number of esters is 1. The Hall–Kier alpha value is -2.61. The Morgan fingerprint density at radius 1 is 1.26 bits per heavy atom. The molecule has 0 amide bonds. The van der Waals surface area contributed by atoms with Gasteiger partial charge in [0.15, 0.2) is 6.79 Å². The Morgan fingerprint density at radius 3 is 2.81 bits per heavy atom.